The molecular weight excluding hydrogens is 288 g/mol. The van der Waals surface area contributed by atoms with Gasteiger partial charge in [0.05, 0.1) is 6.07 Å². The molecule has 8 nitrogen and oxygen atoms in total. The van der Waals surface area contributed by atoms with Gasteiger partial charge in [0.1, 0.15) is 18.6 Å². The second kappa shape index (κ2) is 7.64. The summed E-state index contributed by atoms with van der Waals surface area (Å²) in [6.45, 7) is 6.68. The normalized spacial score (nSPS) is 15.0. The van der Waals surface area contributed by atoms with Crippen molar-refractivity contribution >= 4 is 17.9 Å². The summed E-state index contributed by atoms with van der Waals surface area (Å²) in [7, 11) is 0. The van der Waals surface area contributed by atoms with Gasteiger partial charge < -0.3 is 19.9 Å². The molecule has 1 saturated heterocycles. The van der Waals surface area contributed by atoms with E-state index in [1.54, 1.807) is 30.6 Å². The van der Waals surface area contributed by atoms with Gasteiger partial charge in [0.2, 0.25) is 11.8 Å². The van der Waals surface area contributed by atoms with Crippen molar-refractivity contribution in [1.29, 1.82) is 5.26 Å². The molecular formula is C14H22N4O4. The fourth-order valence-electron chi connectivity index (χ4n) is 1.96. The first-order chi connectivity index (χ1) is 10.2. The quantitative estimate of drug-likeness (QED) is 0.796. The zero-order chi connectivity index (χ0) is 16.8. The Balaban J connectivity index is 2.33. The Morgan fingerprint density at radius 3 is 2.05 bits per heavy atom. The number of ether oxygens (including phenoxy) is 1. The van der Waals surface area contributed by atoms with E-state index in [0.717, 1.165) is 0 Å². The maximum absolute atomic E-state index is 12.0. The third kappa shape index (κ3) is 5.99. The van der Waals surface area contributed by atoms with Crippen molar-refractivity contribution in [1.82, 2.24) is 15.1 Å². The fraction of sp³-hybridized carbons (Fsp3) is 0.714. The lowest BCUT2D eigenvalue weighted by Crippen LogP contribution is -2.52. The van der Waals surface area contributed by atoms with Crippen LogP contribution in [0, 0.1) is 11.3 Å². The Morgan fingerprint density at radius 2 is 1.59 bits per heavy atom. The summed E-state index contributed by atoms with van der Waals surface area (Å²) in [5, 5.41) is 10.9. The molecule has 0 aliphatic carbocycles. The van der Waals surface area contributed by atoms with Crippen molar-refractivity contribution in [3.63, 3.8) is 0 Å². The van der Waals surface area contributed by atoms with Gasteiger partial charge in [-0.25, -0.2) is 4.79 Å². The number of rotatable bonds is 3. The largest absolute Gasteiger partial charge is 0.444 e. The van der Waals surface area contributed by atoms with Crippen LogP contribution in [0.5, 0.6) is 0 Å². The molecule has 1 rings (SSSR count). The van der Waals surface area contributed by atoms with Gasteiger partial charge in [-0.1, -0.05) is 0 Å². The average Bonchev–Trinajstić information content (AvgIpc) is 2.43. The van der Waals surface area contributed by atoms with E-state index in [9.17, 15) is 14.4 Å². The molecule has 0 unspecified atom stereocenters. The standard InChI is InChI=1S/C14H22N4O4/c1-14(2,3)22-13(21)16-10-12(20)18-8-6-17(7-9-18)11(19)4-5-15/h4,6-10H2,1-3H3,(H,16,21). The van der Waals surface area contributed by atoms with Crippen molar-refractivity contribution in [2.45, 2.75) is 32.8 Å². The molecule has 1 aliphatic heterocycles. The number of carbonyl (C=O) groups is 3. The zero-order valence-corrected chi connectivity index (χ0v) is 13.2. The van der Waals surface area contributed by atoms with Gasteiger partial charge in [0.25, 0.3) is 0 Å². The SMILES string of the molecule is CC(C)(C)OC(=O)NCC(=O)N1CCN(C(=O)CC#N)CC1. The summed E-state index contributed by atoms with van der Waals surface area (Å²) in [4.78, 5) is 38.1. The Kier molecular flexibility index (Phi) is 6.16. The Bertz CT molecular complexity index is 470. The third-order valence-corrected chi connectivity index (χ3v) is 3.00. The van der Waals surface area contributed by atoms with Crippen LogP contribution >= 0.6 is 0 Å². The van der Waals surface area contributed by atoms with Crippen molar-refractivity contribution < 1.29 is 19.1 Å². The van der Waals surface area contributed by atoms with E-state index in [1.165, 1.54) is 0 Å². The number of nitrogens with one attached hydrogen (secondary N) is 1. The topological polar surface area (TPSA) is 103 Å². The molecule has 1 aliphatic rings. The predicted molar refractivity (Wildman–Crippen MR) is 77.6 cm³/mol. The van der Waals surface area contributed by atoms with Crippen molar-refractivity contribution in [3.05, 3.63) is 0 Å². The zero-order valence-electron chi connectivity index (χ0n) is 13.2. The molecule has 0 atom stereocenters. The van der Waals surface area contributed by atoms with E-state index >= 15 is 0 Å². The van der Waals surface area contributed by atoms with Crippen molar-refractivity contribution in [2.75, 3.05) is 32.7 Å². The van der Waals surface area contributed by atoms with Crippen LogP contribution in [0.2, 0.25) is 0 Å². The minimum absolute atomic E-state index is 0.138. The second-order valence-corrected chi connectivity index (χ2v) is 5.95. The molecule has 0 bridgehead atoms. The molecule has 0 radical (unpaired) electrons. The van der Waals surface area contributed by atoms with E-state index in [-0.39, 0.29) is 24.8 Å². The number of hydrogen-bond acceptors (Lipinski definition) is 5. The van der Waals surface area contributed by atoms with Crippen LogP contribution in [0.3, 0.4) is 0 Å². The number of nitrogens with zero attached hydrogens (tertiary/aromatic N) is 3. The van der Waals surface area contributed by atoms with Crippen LogP contribution in [-0.4, -0.2) is 66.0 Å². The molecule has 3 amide bonds. The molecule has 0 spiro atoms. The maximum atomic E-state index is 12.0. The van der Waals surface area contributed by atoms with Crippen molar-refractivity contribution in [3.8, 4) is 6.07 Å². The molecule has 1 heterocycles. The van der Waals surface area contributed by atoms with E-state index < -0.39 is 11.7 Å². The number of piperazine rings is 1. The minimum atomic E-state index is -0.635. The summed E-state index contributed by atoms with van der Waals surface area (Å²) < 4.78 is 5.05. The van der Waals surface area contributed by atoms with Gasteiger partial charge in [-0.05, 0) is 20.8 Å². The molecule has 0 aromatic heterocycles. The smallest absolute Gasteiger partial charge is 0.408 e. The van der Waals surface area contributed by atoms with Gasteiger partial charge in [-0.2, -0.15) is 5.26 Å². The molecule has 0 saturated carbocycles. The summed E-state index contributed by atoms with van der Waals surface area (Å²) in [5.74, 6) is -0.445. The van der Waals surface area contributed by atoms with Crippen LogP contribution in [0.4, 0.5) is 4.79 Å². The first kappa shape index (κ1) is 17.8. The van der Waals surface area contributed by atoms with Crippen LogP contribution in [0.15, 0.2) is 0 Å². The summed E-state index contributed by atoms with van der Waals surface area (Å²) in [6.07, 6.45) is -0.780. The number of hydrogen-bond donors (Lipinski definition) is 1. The van der Waals surface area contributed by atoms with Gasteiger partial charge >= 0.3 is 6.09 Å². The minimum Gasteiger partial charge on any atom is -0.444 e. The number of carbonyl (C=O) groups excluding carboxylic acids is 3. The molecule has 122 valence electrons. The maximum Gasteiger partial charge on any atom is 0.408 e. The highest BCUT2D eigenvalue weighted by Crippen LogP contribution is 2.07. The first-order valence-corrected chi connectivity index (χ1v) is 7.12. The molecule has 8 heteroatoms. The third-order valence-electron chi connectivity index (χ3n) is 3.00. The molecule has 0 aromatic rings. The first-order valence-electron chi connectivity index (χ1n) is 7.12. The molecule has 22 heavy (non-hydrogen) atoms. The lowest BCUT2D eigenvalue weighted by Gasteiger charge is -2.34. The Morgan fingerprint density at radius 1 is 1.09 bits per heavy atom. The number of nitriles is 1. The monoisotopic (exact) mass is 310 g/mol. The highest BCUT2D eigenvalue weighted by molar-refractivity contribution is 5.83. The summed E-state index contributed by atoms with van der Waals surface area (Å²) >= 11 is 0. The lowest BCUT2D eigenvalue weighted by molar-refractivity contribution is -0.138. The summed E-state index contributed by atoms with van der Waals surface area (Å²) in [6, 6.07) is 1.82. The molecule has 0 aromatic carbocycles. The predicted octanol–water partition coefficient (Wildman–Crippen LogP) is 0.0956. The van der Waals surface area contributed by atoms with Crippen LogP contribution in [0.1, 0.15) is 27.2 Å². The van der Waals surface area contributed by atoms with E-state index in [2.05, 4.69) is 5.32 Å². The number of amides is 3. The number of alkyl carbamates (subject to hydrolysis) is 1. The van der Waals surface area contributed by atoms with Crippen molar-refractivity contribution in [2.24, 2.45) is 0 Å². The van der Waals surface area contributed by atoms with Crippen LogP contribution in [-0.2, 0) is 14.3 Å². The Labute approximate surface area is 130 Å². The highest BCUT2D eigenvalue weighted by Gasteiger charge is 2.24. The molecule has 1 N–H and O–H groups in total. The summed E-state index contributed by atoms with van der Waals surface area (Å²) in [5.41, 5.74) is -0.611. The van der Waals surface area contributed by atoms with Gasteiger partial charge in [-0.3, -0.25) is 9.59 Å². The lowest BCUT2D eigenvalue weighted by atomic mass is 10.2. The van der Waals surface area contributed by atoms with Gasteiger partial charge in [-0.15, -0.1) is 0 Å². The molecule has 1 fully saturated rings. The average molecular weight is 310 g/mol. The van der Waals surface area contributed by atoms with Gasteiger partial charge in [0.15, 0.2) is 0 Å². The Hall–Kier alpha value is -2.30. The van der Waals surface area contributed by atoms with Crippen LogP contribution in [0.25, 0.3) is 0 Å². The second-order valence-electron chi connectivity index (χ2n) is 5.95. The highest BCUT2D eigenvalue weighted by atomic mass is 16.6. The fourth-order valence-corrected chi connectivity index (χ4v) is 1.96. The van der Waals surface area contributed by atoms with E-state index in [0.29, 0.717) is 26.2 Å². The van der Waals surface area contributed by atoms with E-state index in [1.807, 2.05) is 6.07 Å². The van der Waals surface area contributed by atoms with E-state index in [4.69, 9.17) is 10.00 Å². The van der Waals surface area contributed by atoms with Gasteiger partial charge in [0, 0.05) is 26.2 Å². The van der Waals surface area contributed by atoms with Crippen LogP contribution < -0.4 is 5.32 Å².